The maximum atomic E-state index is 11.2. The maximum absolute atomic E-state index is 11.2. The lowest BCUT2D eigenvalue weighted by molar-refractivity contribution is -0.115. The van der Waals surface area contributed by atoms with Crippen molar-refractivity contribution in [3.8, 4) is 0 Å². The molecule has 68 valence electrons. The minimum absolute atomic E-state index is 0.0300. The molecule has 1 amide bonds. The van der Waals surface area contributed by atoms with E-state index in [1.165, 1.54) is 0 Å². The SMILES string of the molecule is CCN1CC(=O)Nc2cccnc21. The number of aromatic nitrogens is 1. The number of rotatable bonds is 1. The lowest BCUT2D eigenvalue weighted by Crippen LogP contribution is -2.38. The van der Waals surface area contributed by atoms with Gasteiger partial charge in [0.05, 0.1) is 12.2 Å². The van der Waals surface area contributed by atoms with Crippen molar-refractivity contribution in [3.05, 3.63) is 18.3 Å². The number of hydrogen-bond acceptors (Lipinski definition) is 3. The van der Waals surface area contributed by atoms with E-state index in [0.717, 1.165) is 18.1 Å². The molecule has 1 aromatic rings. The third kappa shape index (κ3) is 1.35. The van der Waals surface area contributed by atoms with Crippen LogP contribution in [0.5, 0.6) is 0 Å². The Kier molecular flexibility index (Phi) is 1.88. The number of anilines is 2. The first-order chi connectivity index (χ1) is 6.31. The van der Waals surface area contributed by atoms with Crippen LogP contribution in [0.1, 0.15) is 6.92 Å². The number of carbonyl (C=O) groups excluding carboxylic acids is 1. The lowest BCUT2D eigenvalue weighted by atomic mass is 10.3. The summed E-state index contributed by atoms with van der Waals surface area (Å²) in [7, 11) is 0. The van der Waals surface area contributed by atoms with Crippen molar-refractivity contribution in [1.29, 1.82) is 0 Å². The van der Waals surface area contributed by atoms with E-state index in [1.807, 2.05) is 24.0 Å². The fourth-order valence-electron chi connectivity index (χ4n) is 1.45. The second-order valence-electron chi connectivity index (χ2n) is 2.94. The van der Waals surface area contributed by atoms with Crippen molar-refractivity contribution < 1.29 is 4.79 Å². The van der Waals surface area contributed by atoms with Crippen LogP contribution in [0.3, 0.4) is 0 Å². The summed E-state index contributed by atoms with van der Waals surface area (Å²) in [5, 5.41) is 2.78. The molecule has 1 aromatic heterocycles. The van der Waals surface area contributed by atoms with Gasteiger partial charge < -0.3 is 10.2 Å². The van der Waals surface area contributed by atoms with Crippen LogP contribution in [-0.2, 0) is 4.79 Å². The number of nitrogens with zero attached hydrogens (tertiary/aromatic N) is 2. The number of amides is 1. The normalized spacial score (nSPS) is 15.2. The van der Waals surface area contributed by atoms with Gasteiger partial charge in [0.1, 0.15) is 0 Å². The van der Waals surface area contributed by atoms with Crippen LogP contribution in [0.15, 0.2) is 18.3 Å². The zero-order valence-electron chi connectivity index (χ0n) is 7.45. The molecule has 0 bridgehead atoms. The number of hydrogen-bond donors (Lipinski definition) is 1. The molecule has 0 fully saturated rings. The van der Waals surface area contributed by atoms with Crippen molar-refractivity contribution >= 4 is 17.4 Å². The van der Waals surface area contributed by atoms with E-state index in [-0.39, 0.29) is 5.91 Å². The second-order valence-corrected chi connectivity index (χ2v) is 2.94. The zero-order chi connectivity index (χ0) is 9.26. The van der Waals surface area contributed by atoms with Crippen LogP contribution in [-0.4, -0.2) is 24.0 Å². The van der Waals surface area contributed by atoms with Crippen LogP contribution in [0.4, 0.5) is 11.5 Å². The van der Waals surface area contributed by atoms with Gasteiger partial charge in [0.15, 0.2) is 5.82 Å². The molecule has 0 saturated heterocycles. The van der Waals surface area contributed by atoms with Crippen molar-refractivity contribution in [2.45, 2.75) is 6.92 Å². The smallest absolute Gasteiger partial charge is 0.244 e. The second kappa shape index (κ2) is 3.05. The van der Waals surface area contributed by atoms with Crippen LogP contribution < -0.4 is 10.2 Å². The Morgan fingerprint density at radius 1 is 1.69 bits per heavy atom. The number of likely N-dealkylation sites (N-methyl/N-ethyl adjacent to an activating group) is 1. The summed E-state index contributed by atoms with van der Waals surface area (Å²) < 4.78 is 0. The maximum Gasteiger partial charge on any atom is 0.244 e. The molecule has 4 heteroatoms. The van der Waals surface area contributed by atoms with E-state index in [2.05, 4.69) is 10.3 Å². The molecule has 1 aliphatic rings. The largest absolute Gasteiger partial charge is 0.346 e. The van der Waals surface area contributed by atoms with Gasteiger partial charge in [0.25, 0.3) is 0 Å². The van der Waals surface area contributed by atoms with E-state index in [9.17, 15) is 4.79 Å². The molecule has 0 aliphatic carbocycles. The van der Waals surface area contributed by atoms with Gasteiger partial charge in [-0.15, -0.1) is 0 Å². The highest BCUT2D eigenvalue weighted by Gasteiger charge is 2.20. The number of carbonyl (C=O) groups is 1. The van der Waals surface area contributed by atoms with Crippen LogP contribution in [0, 0.1) is 0 Å². The predicted octanol–water partition coefficient (Wildman–Crippen LogP) is 0.860. The summed E-state index contributed by atoms with van der Waals surface area (Å²) in [6.07, 6.45) is 1.74. The van der Waals surface area contributed by atoms with Gasteiger partial charge in [-0.2, -0.15) is 0 Å². The Balaban J connectivity index is 2.42. The lowest BCUT2D eigenvalue weighted by Gasteiger charge is -2.28. The molecule has 2 heterocycles. The first kappa shape index (κ1) is 8.04. The molecule has 4 nitrogen and oxygen atoms in total. The molecule has 0 spiro atoms. The summed E-state index contributed by atoms with van der Waals surface area (Å²) in [5.41, 5.74) is 0.806. The van der Waals surface area contributed by atoms with Gasteiger partial charge in [0, 0.05) is 12.7 Å². The van der Waals surface area contributed by atoms with Crippen LogP contribution in [0.2, 0.25) is 0 Å². The van der Waals surface area contributed by atoms with Crippen molar-refractivity contribution in [3.63, 3.8) is 0 Å². The van der Waals surface area contributed by atoms with E-state index in [0.29, 0.717) is 6.54 Å². The fraction of sp³-hybridized carbons (Fsp3) is 0.333. The first-order valence-corrected chi connectivity index (χ1v) is 4.31. The van der Waals surface area contributed by atoms with Gasteiger partial charge in [-0.25, -0.2) is 4.98 Å². The minimum atomic E-state index is 0.0300. The molecule has 1 aliphatic heterocycles. The fourth-order valence-corrected chi connectivity index (χ4v) is 1.45. The third-order valence-electron chi connectivity index (χ3n) is 2.08. The summed E-state index contributed by atoms with van der Waals surface area (Å²) in [6, 6.07) is 3.68. The topological polar surface area (TPSA) is 45.2 Å². The first-order valence-electron chi connectivity index (χ1n) is 4.31. The number of nitrogens with one attached hydrogen (secondary N) is 1. The average Bonchev–Trinajstić information content (AvgIpc) is 2.16. The Morgan fingerprint density at radius 2 is 2.54 bits per heavy atom. The molecule has 0 radical (unpaired) electrons. The Morgan fingerprint density at radius 3 is 3.31 bits per heavy atom. The molecular formula is C9H11N3O. The summed E-state index contributed by atoms with van der Waals surface area (Å²) in [5.74, 6) is 0.895. The van der Waals surface area contributed by atoms with E-state index in [4.69, 9.17) is 0 Å². The molecule has 0 aromatic carbocycles. The van der Waals surface area contributed by atoms with Gasteiger partial charge in [0.2, 0.25) is 5.91 Å². The zero-order valence-corrected chi connectivity index (χ0v) is 7.45. The predicted molar refractivity (Wildman–Crippen MR) is 50.8 cm³/mol. The third-order valence-corrected chi connectivity index (χ3v) is 2.08. The summed E-state index contributed by atoms with van der Waals surface area (Å²) >= 11 is 0. The van der Waals surface area contributed by atoms with Crippen molar-refractivity contribution in [2.24, 2.45) is 0 Å². The van der Waals surface area contributed by atoms with Gasteiger partial charge in [-0.05, 0) is 19.1 Å². The highest BCUT2D eigenvalue weighted by Crippen LogP contribution is 2.25. The standard InChI is InChI=1S/C9H11N3O/c1-2-12-6-8(13)11-7-4-3-5-10-9(7)12/h3-5H,2,6H2,1H3,(H,11,13). The van der Waals surface area contributed by atoms with E-state index in [1.54, 1.807) is 6.20 Å². The van der Waals surface area contributed by atoms with Gasteiger partial charge in [-0.3, -0.25) is 4.79 Å². The summed E-state index contributed by atoms with van der Waals surface area (Å²) in [4.78, 5) is 17.4. The minimum Gasteiger partial charge on any atom is -0.346 e. The Labute approximate surface area is 76.6 Å². The van der Waals surface area contributed by atoms with Crippen molar-refractivity contribution in [1.82, 2.24) is 4.98 Å². The quantitative estimate of drug-likeness (QED) is 0.692. The molecule has 0 unspecified atom stereocenters. The van der Waals surface area contributed by atoms with E-state index < -0.39 is 0 Å². The van der Waals surface area contributed by atoms with Crippen LogP contribution >= 0.6 is 0 Å². The molecule has 13 heavy (non-hydrogen) atoms. The number of fused-ring (bicyclic) bond motifs is 1. The van der Waals surface area contributed by atoms with Gasteiger partial charge >= 0.3 is 0 Å². The van der Waals surface area contributed by atoms with Crippen LogP contribution in [0.25, 0.3) is 0 Å². The van der Waals surface area contributed by atoms with Gasteiger partial charge in [-0.1, -0.05) is 0 Å². The average molecular weight is 177 g/mol. The molecule has 0 atom stereocenters. The van der Waals surface area contributed by atoms with E-state index >= 15 is 0 Å². The molecule has 2 rings (SSSR count). The highest BCUT2D eigenvalue weighted by atomic mass is 16.2. The Hall–Kier alpha value is -1.58. The monoisotopic (exact) mass is 177 g/mol. The molecule has 1 N–H and O–H groups in total. The summed E-state index contributed by atoms with van der Waals surface area (Å²) in [6.45, 7) is 3.22. The van der Waals surface area contributed by atoms with Crippen molar-refractivity contribution in [2.75, 3.05) is 23.3 Å². The number of pyridine rings is 1. The highest BCUT2D eigenvalue weighted by molar-refractivity contribution is 6.00. The Bertz CT molecular complexity index is 337. The molecule has 0 saturated carbocycles. The molecular weight excluding hydrogens is 166 g/mol.